The number of hydrogen-bond acceptors (Lipinski definition) is 6. The van der Waals surface area contributed by atoms with Gasteiger partial charge in [0.2, 0.25) is 0 Å². The van der Waals surface area contributed by atoms with Crippen LogP contribution < -0.4 is 10.2 Å². The zero-order chi connectivity index (χ0) is 21.5. The molecule has 4 rings (SSSR count). The minimum absolute atomic E-state index is 0.0634. The van der Waals surface area contributed by atoms with Crippen LogP contribution in [-0.2, 0) is 5.41 Å². The highest BCUT2D eigenvalue weighted by Gasteiger charge is 2.48. The number of rotatable bonds is 5. The molecule has 2 amide bonds. The summed E-state index contributed by atoms with van der Waals surface area (Å²) in [4.78, 5) is 21.7. The number of likely N-dealkylation sites (tertiary alicyclic amines) is 1. The van der Waals surface area contributed by atoms with E-state index in [-0.39, 0.29) is 23.5 Å². The second-order valence-corrected chi connectivity index (χ2v) is 11.8. The van der Waals surface area contributed by atoms with Gasteiger partial charge in [0.1, 0.15) is 0 Å². The molecule has 9 heteroatoms. The van der Waals surface area contributed by atoms with E-state index in [4.69, 9.17) is 11.6 Å². The van der Waals surface area contributed by atoms with Gasteiger partial charge in [-0.2, -0.15) is 0 Å². The molecule has 1 aromatic carbocycles. The minimum atomic E-state index is -0.161. The van der Waals surface area contributed by atoms with Crippen molar-refractivity contribution in [3.63, 3.8) is 0 Å². The lowest BCUT2D eigenvalue weighted by molar-refractivity contribution is 0.181. The third-order valence-corrected chi connectivity index (χ3v) is 8.66. The van der Waals surface area contributed by atoms with Gasteiger partial charge in [-0.1, -0.05) is 36.8 Å². The predicted octanol–water partition coefficient (Wildman–Crippen LogP) is 4.53. The van der Waals surface area contributed by atoms with Gasteiger partial charge in [0.25, 0.3) is 0 Å². The summed E-state index contributed by atoms with van der Waals surface area (Å²) in [6, 6.07) is 5.65. The van der Waals surface area contributed by atoms with E-state index in [2.05, 4.69) is 22.2 Å². The number of amides is 2. The number of hydrogen-bond donors (Lipinski definition) is 2. The van der Waals surface area contributed by atoms with E-state index < -0.39 is 0 Å². The quantitative estimate of drug-likeness (QED) is 0.633. The first-order chi connectivity index (χ1) is 14.2. The summed E-state index contributed by atoms with van der Waals surface area (Å²) in [5.41, 5.74) is 1.88. The summed E-state index contributed by atoms with van der Waals surface area (Å²) < 4.78 is 1.02. The number of benzene rings is 1. The second kappa shape index (κ2) is 8.31. The second-order valence-electron chi connectivity index (χ2n) is 9.04. The molecule has 3 heterocycles. The van der Waals surface area contributed by atoms with Crippen molar-refractivity contribution in [1.29, 1.82) is 0 Å². The number of nitrogens with zero attached hydrogens (tertiary/aromatic N) is 3. The van der Waals surface area contributed by atoms with Gasteiger partial charge < -0.3 is 10.0 Å². The van der Waals surface area contributed by atoms with Crippen molar-refractivity contribution >= 4 is 51.5 Å². The highest BCUT2D eigenvalue weighted by atomic mass is 35.5. The standard InChI is InChI=1S/C21H27ClN4O2S2/c1-20(2,12-27)13-29-17-9-23-18(30-17)24-19(28)26-11-21(6-7-25(3)10-21)15-8-14(22)4-5-16(15)26/h4-5,8-9,27H,6-7,10-13H2,1-3H3,(H,23,24,28). The molecule has 1 atom stereocenters. The van der Waals surface area contributed by atoms with Crippen LogP contribution >= 0.6 is 34.7 Å². The molecule has 1 aromatic heterocycles. The van der Waals surface area contributed by atoms with Gasteiger partial charge in [-0.15, -0.1) is 11.8 Å². The van der Waals surface area contributed by atoms with Crippen LogP contribution in [0, 0.1) is 5.41 Å². The molecule has 0 bridgehead atoms. The molecule has 0 saturated carbocycles. The highest BCUT2D eigenvalue weighted by Crippen LogP contribution is 2.47. The van der Waals surface area contributed by atoms with Gasteiger partial charge >= 0.3 is 6.03 Å². The molecule has 1 spiro atoms. The number of thiazole rings is 1. The van der Waals surface area contributed by atoms with E-state index in [1.807, 2.05) is 36.9 Å². The van der Waals surface area contributed by atoms with Crippen LogP contribution in [0.3, 0.4) is 0 Å². The maximum Gasteiger partial charge on any atom is 0.328 e. The molecule has 2 aromatic rings. The van der Waals surface area contributed by atoms with E-state index >= 15 is 0 Å². The van der Waals surface area contributed by atoms with Crippen LogP contribution in [0.25, 0.3) is 0 Å². The van der Waals surface area contributed by atoms with Crippen molar-refractivity contribution in [2.45, 2.75) is 29.9 Å². The summed E-state index contributed by atoms with van der Waals surface area (Å²) in [7, 11) is 2.12. The molecule has 30 heavy (non-hydrogen) atoms. The van der Waals surface area contributed by atoms with Gasteiger partial charge in [-0.3, -0.25) is 10.2 Å². The Morgan fingerprint density at radius 3 is 2.93 bits per heavy atom. The van der Waals surface area contributed by atoms with Crippen molar-refractivity contribution in [1.82, 2.24) is 9.88 Å². The third-order valence-electron chi connectivity index (χ3n) is 5.80. The zero-order valence-corrected chi connectivity index (χ0v) is 19.8. The molecule has 0 radical (unpaired) electrons. The van der Waals surface area contributed by atoms with E-state index in [1.54, 1.807) is 18.0 Å². The smallest absolute Gasteiger partial charge is 0.328 e. The lowest BCUT2D eigenvalue weighted by atomic mass is 9.81. The summed E-state index contributed by atoms with van der Waals surface area (Å²) in [6.07, 6.45) is 2.79. The molecule has 1 saturated heterocycles. The number of carbonyl (C=O) groups is 1. The maximum atomic E-state index is 13.2. The Kier molecular flexibility index (Phi) is 6.07. The molecule has 2 aliphatic rings. The van der Waals surface area contributed by atoms with Gasteiger partial charge in [-0.05, 0) is 49.2 Å². The summed E-state index contributed by atoms with van der Waals surface area (Å²) in [5, 5.41) is 13.7. The average molecular weight is 467 g/mol. The van der Waals surface area contributed by atoms with E-state index in [9.17, 15) is 9.90 Å². The van der Waals surface area contributed by atoms with Gasteiger partial charge in [0, 0.05) is 41.6 Å². The Bertz CT molecular complexity index is 951. The number of aliphatic hydroxyl groups is 1. The number of fused-ring (bicyclic) bond motifs is 2. The van der Waals surface area contributed by atoms with Crippen molar-refractivity contribution in [3.05, 3.63) is 35.0 Å². The topological polar surface area (TPSA) is 68.7 Å². The molecular weight excluding hydrogens is 440 g/mol. The highest BCUT2D eigenvalue weighted by molar-refractivity contribution is 8.01. The Labute approximate surface area is 190 Å². The fraction of sp³-hybridized carbons (Fsp3) is 0.524. The first kappa shape index (κ1) is 21.9. The minimum Gasteiger partial charge on any atom is -0.396 e. The molecule has 2 aliphatic heterocycles. The molecule has 162 valence electrons. The number of nitrogens with one attached hydrogen (secondary N) is 1. The number of halogens is 1. The first-order valence-electron chi connectivity index (χ1n) is 9.98. The zero-order valence-electron chi connectivity index (χ0n) is 17.4. The number of likely N-dealkylation sites (N-methyl/N-ethyl adjacent to an activating group) is 1. The number of aliphatic hydroxyl groups excluding tert-OH is 1. The molecule has 1 fully saturated rings. The lowest BCUT2D eigenvalue weighted by Gasteiger charge is -2.25. The largest absolute Gasteiger partial charge is 0.396 e. The summed E-state index contributed by atoms with van der Waals surface area (Å²) in [5.74, 6) is 0.787. The predicted molar refractivity (Wildman–Crippen MR) is 125 cm³/mol. The number of aromatic nitrogens is 1. The van der Waals surface area contributed by atoms with E-state index in [0.29, 0.717) is 16.7 Å². The number of carbonyl (C=O) groups excluding carboxylic acids is 1. The molecule has 6 nitrogen and oxygen atoms in total. The lowest BCUT2D eigenvalue weighted by Crippen LogP contribution is -2.40. The van der Waals surface area contributed by atoms with E-state index in [0.717, 1.165) is 40.7 Å². The number of anilines is 2. The molecule has 0 aliphatic carbocycles. The van der Waals surface area contributed by atoms with E-state index in [1.165, 1.54) is 11.3 Å². The molecule has 1 unspecified atom stereocenters. The normalized spacial score (nSPS) is 21.4. The summed E-state index contributed by atoms with van der Waals surface area (Å²) >= 11 is 9.40. The maximum absolute atomic E-state index is 13.2. The van der Waals surface area contributed by atoms with Crippen LogP contribution in [0.4, 0.5) is 15.6 Å². The summed E-state index contributed by atoms with van der Waals surface area (Å²) in [6.45, 7) is 6.77. The molecule has 2 N–H and O–H groups in total. The van der Waals surface area contributed by atoms with Gasteiger partial charge in [-0.25, -0.2) is 9.78 Å². The number of urea groups is 1. The Morgan fingerprint density at radius 1 is 1.43 bits per heavy atom. The monoisotopic (exact) mass is 466 g/mol. The van der Waals surface area contributed by atoms with Crippen LogP contribution in [-0.4, -0.2) is 60.1 Å². The Hall–Kier alpha value is -1.32. The van der Waals surface area contributed by atoms with Crippen molar-refractivity contribution in [2.75, 3.05) is 49.3 Å². The van der Waals surface area contributed by atoms with Crippen LogP contribution in [0.1, 0.15) is 25.8 Å². The van der Waals surface area contributed by atoms with Gasteiger partial charge in [0.15, 0.2) is 5.13 Å². The average Bonchev–Trinajstić information content (AvgIpc) is 3.39. The van der Waals surface area contributed by atoms with Crippen LogP contribution in [0.2, 0.25) is 5.02 Å². The van der Waals surface area contributed by atoms with Crippen LogP contribution in [0.15, 0.2) is 28.6 Å². The van der Waals surface area contributed by atoms with Gasteiger partial charge in [0.05, 0.1) is 10.4 Å². The van der Waals surface area contributed by atoms with Crippen molar-refractivity contribution < 1.29 is 9.90 Å². The third kappa shape index (κ3) is 4.34. The fourth-order valence-corrected chi connectivity index (χ4v) is 6.22. The van der Waals surface area contributed by atoms with Crippen LogP contribution in [0.5, 0.6) is 0 Å². The molecular formula is C21H27ClN4O2S2. The Morgan fingerprint density at radius 2 is 2.23 bits per heavy atom. The van der Waals surface area contributed by atoms with Crippen molar-refractivity contribution in [2.24, 2.45) is 5.41 Å². The fourth-order valence-electron chi connectivity index (χ4n) is 4.11. The van der Waals surface area contributed by atoms with Crippen molar-refractivity contribution in [3.8, 4) is 0 Å². The Balaban J connectivity index is 1.48. The first-order valence-corrected chi connectivity index (χ1v) is 12.2. The number of thioether (sulfide) groups is 1. The SMILES string of the molecule is CN1CCC2(C1)CN(C(=O)Nc1ncc(SCC(C)(C)CO)s1)c1ccc(Cl)cc12.